The summed E-state index contributed by atoms with van der Waals surface area (Å²) in [7, 11) is 0. The molecular weight excluding hydrogens is 269 g/mol. The van der Waals surface area contributed by atoms with Crippen molar-refractivity contribution in [3.8, 4) is 0 Å². The number of carboxylic acids is 1. The molecule has 19 heavy (non-hydrogen) atoms. The van der Waals surface area contributed by atoms with Crippen LogP contribution >= 0.6 is 11.6 Å². The van der Waals surface area contributed by atoms with Gasteiger partial charge in [0.15, 0.2) is 0 Å². The van der Waals surface area contributed by atoms with Gasteiger partial charge in [0, 0.05) is 23.7 Å². The fourth-order valence-electron chi connectivity index (χ4n) is 3.47. The lowest BCUT2D eigenvalue weighted by molar-refractivity contribution is -0.142. The van der Waals surface area contributed by atoms with Crippen LogP contribution in [-0.2, 0) is 11.3 Å². The van der Waals surface area contributed by atoms with E-state index in [1.54, 1.807) is 6.07 Å². The molecule has 2 saturated heterocycles. The van der Waals surface area contributed by atoms with Gasteiger partial charge in [-0.25, -0.2) is 4.39 Å². The van der Waals surface area contributed by atoms with Gasteiger partial charge in [-0.15, -0.1) is 0 Å². The zero-order valence-corrected chi connectivity index (χ0v) is 11.1. The maximum Gasteiger partial charge on any atom is 0.308 e. The molecule has 5 heteroatoms. The summed E-state index contributed by atoms with van der Waals surface area (Å²) >= 11 is 6.08. The fourth-order valence-corrected chi connectivity index (χ4v) is 3.65. The van der Waals surface area contributed by atoms with E-state index in [-0.39, 0.29) is 17.8 Å². The Morgan fingerprint density at radius 2 is 2.26 bits per heavy atom. The van der Waals surface area contributed by atoms with Crippen molar-refractivity contribution in [1.29, 1.82) is 0 Å². The monoisotopic (exact) mass is 283 g/mol. The average Bonchev–Trinajstić information content (AvgIpc) is 2.91. The quantitative estimate of drug-likeness (QED) is 0.927. The molecule has 3 rings (SSSR count). The van der Waals surface area contributed by atoms with Crippen molar-refractivity contribution < 1.29 is 14.3 Å². The number of rotatable bonds is 3. The molecule has 0 saturated carbocycles. The number of hydrogen-bond acceptors (Lipinski definition) is 2. The minimum Gasteiger partial charge on any atom is -0.481 e. The molecule has 3 unspecified atom stereocenters. The highest BCUT2D eigenvalue weighted by atomic mass is 35.5. The highest BCUT2D eigenvalue weighted by Crippen LogP contribution is 2.43. The summed E-state index contributed by atoms with van der Waals surface area (Å²) in [4.78, 5) is 13.4. The molecule has 2 aliphatic heterocycles. The summed E-state index contributed by atoms with van der Waals surface area (Å²) in [6.07, 6.45) is 2.64. The van der Waals surface area contributed by atoms with Crippen LogP contribution in [0.4, 0.5) is 4.39 Å². The van der Waals surface area contributed by atoms with E-state index in [2.05, 4.69) is 4.90 Å². The van der Waals surface area contributed by atoms with E-state index in [1.807, 2.05) is 0 Å². The van der Waals surface area contributed by atoms with Crippen molar-refractivity contribution in [3.63, 3.8) is 0 Å². The first kappa shape index (κ1) is 12.9. The summed E-state index contributed by atoms with van der Waals surface area (Å²) in [5, 5.41) is 9.75. The predicted molar refractivity (Wildman–Crippen MR) is 69.5 cm³/mol. The van der Waals surface area contributed by atoms with Crippen LogP contribution in [0.25, 0.3) is 0 Å². The van der Waals surface area contributed by atoms with E-state index in [9.17, 15) is 14.3 Å². The van der Waals surface area contributed by atoms with Crippen LogP contribution in [0.2, 0.25) is 5.02 Å². The van der Waals surface area contributed by atoms with Gasteiger partial charge >= 0.3 is 5.97 Å². The molecule has 1 aromatic carbocycles. The fraction of sp³-hybridized carbons (Fsp3) is 0.500. The van der Waals surface area contributed by atoms with Gasteiger partial charge in [-0.1, -0.05) is 11.6 Å². The van der Waals surface area contributed by atoms with Crippen molar-refractivity contribution in [1.82, 2.24) is 4.90 Å². The number of aliphatic carboxylic acids is 1. The normalized spacial score (nSPS) is 29.9. The molecule has 0 aromatic heterocycles. The van der Waals surface area contributed by atoms with E-state index >= 15 is 0 Å². The van der Waals surface area contributed by atoms with Crippen molar-refractivity contribution in [2.75, 3.05) is 0 Å². The summed E-state index contributed by atoms with van der Waals surface area (Å²) in [6.45, 7) is 0.537. The molecule has 0 aliphatic carbocycles. The number of benzene rings is 1. The lowest BCUT2D eigenvalue weighted by Gasteiger charge is -2.23. The number of carboxylic acid groups (broad SMARTS) is 1. The first-order chi connectivity index (χ1) is 9.06. The van der Waals surface area contributed by atoms with E-state index in [0.29, 0.717) is 24.0 Å². The summed E-state index contributed by atoms with van der Waals surface area (Å²) in [6, 6.07) is 4.70. The first-order valence-corrected chi connectivity index (χ1v) is 6.86. The Bertz CT molecular complexity index is 522. The molecule has 0 radical (unpaired) electrons. The van der Waals surface area contributed by atoms with Crippen molar-refractivity contribution in [3.05, 3.63) is 34.6 Å². The molecule has 102 valence electrons. The van der Waals surface area contributed by atoms with Crippen molar-refractivity contribution in [2.24, 2.45) is 5.92 Å². The summed E-state index contributed by atoms with van der Waals surface area (Å²) < 4.78 is 13.3. The Hall–Kier alpha value is -1.13. The standard InChI is InChI=1S/C14H15ClFNO2/c15-12-3-1-9(16)5-8(12)7-17-10-2-4-13(17)11(6-10)14(18)19/h1,3,5,10-11,13H,2,4,6-7H2,(H,18,19). The molecule has 2 bridgehead atoms. The number of carbonyl (C=O) groups is 1. The largest absolute Gasteiger partial charge is 0.481 e. The minimum absolute atomic E-state index is 0.0711. The molecule has 2 fully saturated rings. The van der Waals surface area contributed by atoms with Crippen LogP contribution in [0.15, 0.2) is 18.2 Å². The second-order valence-electron chi connectivity index (χ2n) is 5.39. The smallest absolute Gasteiger partial charge is 0.308 e. The van der Waals surface area contributed by atoms with Gasteiger partial charge in [-0.05, 0) is 43.0 Å². The maximum absolute atomic E-state index is 13.3. The molecular formula is C14H15ClFNO2. The van der Waals surface area contributed by atoms with Crippen molar-refractivity contribution in [2.45, 2.75) is 37.9 Å². The molecule has 1 aromatic rings. The van der Waals surface area contributed by atoms with E-state index < -0.39 is 5.97 Å². The third-order valence-electron chi connectivity index (χ3n) is 4.36. The van der Waals surface area contributed by atoms with Crippen LogP contribution in [-0.4, -0.2) is 28.1 Å². The maximum atomic E-state index is 13.3. The SMILES string of the molecule is O=C(O)C1CC2CCC1N2Cc1cc(F)ccc1Cl. The third-order valence-corrected chi connectivity index (χ3v) is 4.73. The summed E-state index contributed by atoms with van der Waals surface area (Å²) in [5.74, 6) is -1.31. The average molecular weight is 284 g/mol. The molecule has 0 spiro atoms. The molecule has 2 aliphatic rings. The van der Waals surface area contributed by atoms with Gasteiger partial charge in [0.25, 0.3) is 0 Å². The zero-order chi connectivity index (χ0) is 13.6. The first-order valence-electron chi connectivity index (χ1n) is 6.48. The summed E-state index contributed by atoms with van der Waals surface area (Å²) in [5.41, 5.74) is 0.740. The van der Waals surface area contributed by atoms with Gasteiger partial charge in [-0.3, -0.25) is 9.69 Å². The molecule has 3 atom stereocenters. The highest BCUT2D eigenvalue weighted by molar-refractivity contribution is 6.31. The Morgan fingerprint density at radius 1 is 1.47 bits per heavy atom. The Kier molecular flexibility index (Phi) is 3.23. The Morgan fingerprint density at radius 3 is 2.95 bits per heavy atom. The molecule has 3 nitrogen and oxygen atoms in total. The number of halogens is 2. The van der Waals surface area contributed by atoms with Gasteiger partial charge in [0.1, 0.15) is 5.82 Å². The molecule has 2 heterocycles. The second-order valence-corrected chi connectivity index (χ2v) is 5.79. The van der Waals surface area contributed by atoms with E-state index in [4.69, 9.17) is 11.6 Å². The Labute approximate surface area is 116 Å². The van der Waals surface area contributed by atoms with Crippen molar-refractivity contribution >= 4 is 17.6 Å². The van der Waals surface area contributed by atoms with E-state index in [1.165, 1.54) is 12.1 Å². The molecule has 0 amide bonds. The van der Waals surface area contributed by atoms with Gasteiger partial charge in [-0.2, -0.15) is 0 Å². The predicted octanol–water partition coefficient (Wildman–Crippen LogP) is 2.92. The third kappa shape index (κ3) is 2.23. The van der Waals surface area contributed by atoms with Gasteiger partial charge < -0.3 is 5.11 Å². The molecule has 1 N–H and O–H groups in total. The van der Waals surface area contributed by atoms with Crippen LogP contribution in [0.5, 0.6) is 0 Å². The lowest BCUT2D eigenvalue weighted by atomic mass is 9.89. The second kappa shape index (κ2) is 4.76. The highest BCUT2D eigenvalue weighted by Gasteiger charge is 2.49. The lowest BCUT2D eigenvalue weighted by Crippen LogP contribution is -2.32. The Balaban J connectivity index is 1.81. The zero-order valence-electron chi connectivity index (χ0n) is 10.4. The van der Waals surface area contributed by atoms with Gasteiger partial charge in [0.05, 0.1) is 5.92 Å². The number of fused-ring (bicyclic) bond motifs is 2. The van der Waals surface area contributed by atoms with Crippen LogP contribution in [0, 0.1) is 11.7 Å². The topological polar surface area (TPSA) is 40.5 Å². The minimum atomic E-state index is -0.720. The van der Waals surface area contributed by atoms with Gasteiger partial charge in [0.2, 0.25) is 0 Å². The van der Waals surface area contributed by atoms with Crippen LogP contribution in [0.3, 0.4) is 0 Å². The number of hydrogen-bond donors (Lipinski definition) is 1. The van der Waals surface area contributed by atoms with E-state index in [0.717, 1.165) is 18.4 Å². The van der Waals surface area contributed by atoms with Crippen LogP contribution < -0.4 is 0 Å². The van der Waals surface area contributed by atoms with Crippen LogP contribution in [0.1, 0.15) is 24.8 Å². The number of nitrogens with zero attached hydrogens (tertiary/aromatic N) is 1.